The minimum Gasteiger partial charge on any atom is -0.423 e. The maximum Gasteiger partial charge on any atom is 0.343 e. The first kappa shape index (κ1) is 23.1. The molecule has 174 valence electrons. The van der Waals surface area contributed by atoms with Gasteiger partial charge in [0.15, 0.2) is 0 Å². The van der Waals surface area contributed by atoms with Gasteiger partial charge in [-0.3, -0.25) is 14.9 Å². The van der Waals surface area contributed by atoms with Gasteiger partial charge < -0.3 is 9.30 Å². The number of carbonyl (C=O) groups is 2. The summed E-state index contributed by atoms with van der Waals surface area (Å²) in [5.41, 5.74) is 5.34. The predicted molar refractivity (Wildman–Crippen MR) is 130 cm³/mol. The number of esters is 1. The fourth-order valence-corrected chi connectivity index (χ4v) is 3.20. The van der Waals surface area contributed by atoms with Crippen molar-refractivity contribution in [2.24, 2.45) is 5.10 Å². The second-order valence-corrected chi connectivity index (χ2v) is 7.49. The first-order valence-corrected chi connectivity index (χ1v) is 10.6. The van der Waals surface area contributed by atoms with Gasteiger partial charge in [-0.05, 0) is 85.3 Å². The fraction of sp³-hybridized carbons (Fsp3) is 0.0385. The van der Waals surface area contributed by atoms with Crippen LogP contribution in [0.5, 0.6) is 5.75 Å². The lowest BCUT2D eigenvalue weighted by atomic mass is 10.1. The van der Waals surface area contributed by atoms with E-state index in [-0.39, 0.29) is 17.2 Å². The fourth-order valence-electron chi connectivity index (χ4n) is 3.20. The topological polar surface area (TPSA) is 116 Å². The molecular formula is C26H20N4O5. The van der Waals surface area contributed by atoms with Crippen molar-refractivity contribution in [2.45, 2.75) is 6.92 Å². The van der Waals surface area contributed by atoms with Crippen molar-refractivity contribution in [3.05, 3.63) is 124 Å². The van der Waals surface area contributed by atoms with Crippen LogP contribution in [0, 0.1) is 10.1 Å². The number of carbonyl (C=O) groups excluding carboxylic acids is 2. The molecule has 0 saturated carbocycles. The monoisotopic (exact) mass is 468 g/mol. The van der Waals surface area contributed by atoms with E-state index in [0.29, 0.717) is 17.0 Å². The Morgan fingerprint density at radius 2 is 1.43 bits per heavy atom. The highest BCUT2D eigenvalue weighted by molar-refractivity contribution is 6.01. The van der Waals surface area contributed by atoms with Gasteiger partial charge in [0.1, 0.15) is 5.75 Å². The maximum absolute atomic E-state index is 12.4. The summed E-state index contributed by atoms with van der Waals surface area (Å²) in [7, 11) is 0. The van der Waals surface area contributed by atoms with Gasteiger partial charge in [0.2, 0.25) is 0 Å². The van der Waals surface area contributed by atoms with Crippen molar-refractivity contribution >= 4 is 23.3 Å². The molecule has 1 aromatic heterocycles. The number of nitrogens with zero attached hydrogens (tertiary/aromatic N) is 3. The summed E-state index contributed by atoms with van der Waals surface area (Å²) in [5, 5.41) is 14.9. The SMILES string of the molecule is C/C(=N\NC(=O)c1ccc(-n2cccc2)cc1)c1ccc(OC(=O)c2ccc([N+](=O)[O-])cc2)cc1. The normalized spacial score (nSPS) is 11.1. The molecule has 9 nitrogen and oxygen atoms in total. The number of nitrogens with one attached hydrogen (secondary N) is 1. The van der Waals surface area contributed by atoms with Crippen molar-refractivity contribution in [1.82, 2.24) is 9.99 Å². The van der Waals surface area contributed by atoms with Crippen molar-refractivity contribution in [3.8, 4) is 11.4 Å². The summed E-state index contributed by atoms with van der Waals surface area (Å²) in [6, 6.07) is 22.8. The second-order valence-electron chi connectivity index (χ2n) is 7.49. The van der Waals surface area contributed by atoms with Gasteiger partial charge in [-0.2, -0.15) is 5.10 Å². The van der Waals surface area contributed by atoms with Crippen molar-refractivity contribution in [2.75, 3.05) is 0 Å². The van der Waals surface area contributed by atoms with Crippen LogP contribution < -0.4 is 10.2 Å². The van der Waals surface area contributed by atoms with Gasteiger partial charge in [0.25, 0.3) is 11.6 Å². The molecule has 0 aliphatic carbocycles. The first-order chi connectivity index (χ1) is 16.9. The second kappa shape index (κ2) is 10.3. The zero-order chi connectivity index (χ0) is 24.8. The van der Waals surface area contributed by atoms with Crippen LogP contribution in [0.3, 0.4) is 0 Å². The van der Waals surface area contributed by atoms with E-state index in [1.807, 2.05) is 41.2 Å². The van der Waals surface area contributed by atoms with E-state index in [4.69, 9.17) is 4.74 Å². The van der Waals surface area contributed by atoms with Crippen LogP contribution >= 0.6 is 0 Å². The van der Waals surface area contributed by atoms with E-state index in [1.165, 1.54) is 24.3 Å². The molecule has 0 aliphatic heterocycles. The number of hydrogen-bond donors (Lipinski definition) is 1. The Kier molecular flexibility index (Phi) is 6.78. The van der Waals surface area contributed by atoms with Gasteiger partial charge in [0.05, 0.1) is 16.2 Å². The number of hydrazone groups is 1. The Bertz CT molecular complexity index is 1380. The molecule has 9 heteroatoms. The number of aromatic nitrogens is 1. The molecule has 4 rings (SSSR count). The standard InChI is InChI=1S/C26H20N4O5/c1-18(27-28-25(31)20-4-10-22(11-5-20)29-16-2-3-17-29)19-8-14-24(15-9-19)35-26(32)21-6-12-23(13-7-21)30(33)34/h2-17H,1H3,(H,28,31)/b27-18+. The summed E-state index contributed by atoms with van der Waals surface area (Å²) in [4.78, 5) is 34.9. The van der Waals surface area contributed by atoms with Gasteiger partial charge >= 0.3 is 5.97 Å². The third kappa shape index (κ3) is 5.66. The molecule has 1 N–H and O–H groups in total. The van der Waals surface area contributed by atoms with Gasteiger partial charge in [0, 0.05) is 35.8 Å². The van der Waals surface area contributed by atoms with Crippen LogP contribution in [-0.4, -0.2) is 27.1 Å². The molecule has 0 atom stereocenters. The number of nitro benzene ring substituents is 1. The van der Waals surface area contributed by atoms with Crippen LogP contribution in [0.1, 0.15) is 33.2 Å². The molecule has 0 saturated heterocycles. The molecule has 3 aromatic carbocycles. The Morgan fingerprint density at radius 3 is 2.03 bits per heavy atom. The Labute approximate surface area is 200 Å². The zero-order valence-corrected chi connectivity index (χ0v) is 18.6. The minimum atomic E-state index is -0.631. The quantitative estimate of drug-likeness (QED) is 0.138. The van der Waals surface area contributed by atoms with Gasteiger partial charge in [-0.1, -0.05) is 0 Å². The summed E-state index contributed by atoms with van der Waals surface area (Å²) in [6.07, 6.45) is 3.84. The number of rotatable bonds is 7. The molecule has 0 fully saturated rings. The Morgan fingerprint density at radius 1 is 0.857 bits per heavy atom. The molecule has 1 heterocycles. The van der Waals surface area contributed by atoms with Crippen LogP contribution in [0.4, 0.5) is 5.69 Å². The van der Waals surface area contributed by atoms with Crippen molar-refractivity contribution in [1.29, 1.82) is 0 Å². The van der Waals surface area contributed by atoms with Gasteiger partial charge in [-0.25, -0.2) is 10.2 Å². The van der Waals surface area contributed by atoms with E-state index in [1.54, 1.807) is 43.3 Å². The van der Waals surface area contributed by atoms with E-state index in [2.05, 4.69) is 10.5 Å². The van der Waals surface area contributed by atoms with Crippen LogP contribution in [-0.2, 0) is 0 Å². The Balaban J connectivity index is 1.35. The van der Waals surface area contributed by atoms with Gasteiger partial charge in [-0.15, -0.1) is 0 Å². The van der Waals surface area contributed by atoms with E-state index >= 15 is 0 Å². The number of amides is 1. The number of ether oxygens (including phenoxy) is 1. The Hall–Kier alpha value is -5.05. The smallest absolute Gasteiger partial charge is 0.343 e. The number of hydrogen-bond acceptors (Lipinski definition) is 6. The molecule has 4 aromatic rings. The summed E-state index contributed by atoms with van der Waals surface area (Å²) >= 11 is 0. The van der Waals surface area contributed by atoms with Crippen molar-refractivity contribution < 1.29 is 19.2 Å². The van der Waals surface area contributed by atoms with E-state index in [0.717, 1.165) is 11.3 Å². The maximum atomic E-state index is 12.4. The molecule has 0 aliphatic rings. The largest absolute Gasteiger partial charge is 0.423 e. The third-order valence-electron chi connectivity index (χ3n) is 5.15. The lowest BCUT2D eigenvalue weighted by Gasteiger charge is -2.07. The minimum absolute atomic E-state index is 0.110. The molecule has 0 spiro atoms. The molecule has 0 bridgehead atoms. The molecule has 0 radical (unpaired) electrons. The average Bonchev–Trinajstić information content (AvgIpc) is 3.43. The average molecular weight is 468 g/mol. The lowest BCUT2D eigenvalue weighted by Crippen LogP contribution is -2.19. The number of non-ortho nitro benzene ring substituents is 1. The molecular weight excluding hydrogens is 448 g/mol. The zero-order valence-electron chi connectivity index (χ0n) is 18.6. The van der Waals surface area contributed by atoms with E-state index < -0.39 is 10.9 Å². The van der Waals surface area contributed by atoms with Crippen LogP contribution in [0.2, 0.25) is 0 Å². The number of benzene rings is 3. The summed E-state index contributed by atoms with van der Waals surface area (Å²) < 4.78 is 7.25. The molecule has 1 amide bonds. The van der Waals surface area contributed by atoms with Crippen LogP contribution in [0.25, 0.3) is 5.69 Å². The third-order valence-corrected chi connectivity index (χ3v) is 5.15. The predicted octanol–water partition coefficient (Wildman–Crippen LogP) is 4.76. The highest BCUT2D eigenvalue weighted by Gasteiger charge is 2.12. The van der Waals surface area contributed by atoms with Crippen molar-refractivity contribution in [3.63, 3.8) is 0 Å². The first-order valence-electron chi connectivity index (χ1n) is 10.6. The molecule has 35 heavy (non-hydrogen) atoms. The summed E-state index contributed by atoms with van der Waals surface area (Å²) in [6.45, 7) is 1.74. The molecule has 0 unspecified atom stereocenters. The number of nitro groups is 1. The highest BCUT2D eigenvalue weighted by atomic mass is 16.6. The highest BCUT2D eigenvalue weighted by Crippen LogP contribution is 2.17. The van der Waals surface area contributed by atoms with E-state index in [9.17, 15) is 19.7 Å². The summed E-state index contributed by atoms with van der Waals surface area (Å²) in [5.74, 6) is -0.665. The lowest BCUT2D eigenvalue weighted by molar-refractivity contribution is -0.384. The van der Waals surface area contributed by atoms with Crippen LogP contribution in [0.15, 0.2) is 102 Å².